The molecule has 0 bridgehead atoms. The van der Waals surface area contributed by atoms with Crippen molar-refractivity contribution >= 4 is 5.97 Å². The summed E-state index contributed by atoms with van der Waals surface area (Å²) in [5, 5.41) is 23.8. The molecule has 1 saturated heterocycles. The van der Waals surface area contributed by atoms with Crippen LogP contribution >= 0.6 is 0 Å². The van der Waals surface area contributed by atoms with E-state index in [-0.39, 0.29) is 24.5 Å². The standard InChI is InChI=1S/C9H18N2O3/c1-7(4-12)3-11-9(2-8(13)14)5-10-6-9/h7,10-12H,2-6H2,1H3,(H,13,14). The molecule has 1 heterocycles. The van der Waals surface area contributed by atoms with E-state index in [9.17, 15) is 4.79 Å². The summed E-state index contributed by atoms with van der Waals surface area (Å²) >= 11 is 0. The zero-order valence-electron chi connectivity index (χ0n) is 8.42. The van der Waals surface area contributed by atoms with Crippen LogP contribution in [0.4, 0.5) is 0 Å². The number of carbonyl (C=O) groups is 1. The summed E-state index contributed by atoms with van der Waals surface area (Å²) in [6.45, 7) is 4.09. The van der Waals surface area contributed by atoms with Crippen molar-refractivity contribution in [3.63, 3.8) is 0 Å². The molecule has 0 amide bonds. The predicted octanol–water partition coefficient (Wildman–Crippen LogP) is -0.979. The molecule has 0 radical (unpaired) electrons. The number of carboxylic acid groups (broad SMARTS) is 1. The van der Waals surface area contributed by atoms with Gasteiger partial charge in [0.05, 0.1) is 12.0 Å². The SMILES string of the molecule is CC(CO)CNC1(CC(=O)O)CNC1. The molecule has 1 aliphatic heterocycles. The fourth-order valence-electron chi connectivity index (χ4n) is 1.48. The van der Waals surface area contributed by atoms with Crippen molar-refractivity contribution < 1.29 is 15.0 Å². The maximum absolute atomic E-state index is 10.6. The molecule has 0 aliphatic carbocycles. The number of hydrogen-bond acceptors (Lipinski definition) is 4. The normalized spacial score (nSPS) is 21.3. The summed E-state index contributed by atoms with van der Waals surface area (Å²) in [6.07, 6.45) is 0.137. The van der Waals surface area contributed by atoms with E-state index in [1.165, 1.54) is 0 Å². The largest absolute Gasteiger partial charge is 0.481 e. The lowest BCUT2D eigenvalue weighted by Gasteiger charge is -2.43. The van der Waals surface area contributed by atoms with E-state index in [2.05, 4.69) is 10.6 Å². The lowest BCUT2D eigenvalue weighted by atomic mass is 9.88. The minimum atomic E-state index is -0.782. The molecule has 0 spiro atoms. The van der Waals surface area contributed by atoms with E-state index in [4.69, 9.17) is 10.2 Å². The average Bonchev–Trinajstić information content (AvgIpc) is 2.08. The third kappa shape index (κ3) is 2.94. The number of aliphatic hydroxyl groups excluding tert-OH is 1. The molecule has 82 valence electrons. The van der Waals surface area contributed by atoms with Crippen molar-refractivity contribution in [1.82, 2.24) is 10.6 Å². The number of rotatable bonds is 6. The molecule has 0 aromatic carbocycles. The summed E-state index contributed by atoms with van der Waals surface area (Å²) < 4.78 is 0. The van der Waals surface area contributed by atoms with Gasteiger partial charge in [-0.05, 0) is 5.92 Å². The third-order valence-electron chi connectivity index (χ3n) is 2.55. The Kier molecular flexibility index (Phi) is 3.86. The van der Waals surface area contributed by atoms with Gasteiger partial charge in [0.1, 0.15) is 0 Å². The number of nitrogens with one attached hydrogen (secondary N) is 2. The van der Waals surface area contributed by atoms with Crippen molar-refractivity contribution in [2.45, 2.75) is 18.9 Å². The molecular formula is C9H18N2O3. The molecule has 14 heavy (non-hydrogen) atoms. The molecular weight excluding hydrogens is 184 g/mol. The molecule has 1 rings (SSSR count). The number of aliphatic carboxylic acids is 1. The van der Waals surface area contributed by atoms with Crippen molar-refractivity contribution in [1.29, 1.82) is 0 Å². The van der Waals surface area contributed by atoms with Gasteiger partial charge in [-0.3, -0.25) is 4.79 Å². The Bertz CT molecular complexity index is 204. The van der Waals surface area contributed by atoms with Crippen LogP contribution in [-0.4, -0.2) is 48.0 Å². The van der Waals surface area contributed by atoms with E-state index >= 15 is 0 Å². The van der Waals surface area contributed by atoms with Crippen molar-refractivity contribution in [3.8, 4) is 0 Å². The maximum Gasteiger partial charge on any atom is 0.305 e. The van der Waals surface area contributed by atoms with E-state index in [0.717, 1.165) is 0 Å². The van der Waals surface area contributed by atoms with Gasteiger partial charge in [-0.2, -0.15) is 0 Å². The summed E-state index contributed by atoms with van der Waals surface area (Å²) in [4.78, 5) is 10.6. The van der Waals surface area contributed by atoms with E-state index in [1.54, 1.807) is 0 Å². The van der Waals surface area contributed by atoms with Gasteiger partial charge in [-0.1, -0.05) is 6.92 Å². The summed E-state index contributed by atoms with van der Waals surface area (Å²) in [5.74, 6) is -0.614. The smallest absolute Gasteiger partial charge is 0.305 e. The zero-order chi connectivity index (χ0) is 10.6. The van der Waals surface area contributed by atoms with Gasteiger partial charge in [0.25, 0.3) is 0 Å². The fourth-order valence-corrected chi connectivity index (χ4v) is 1.48. The number of aliphatic hydroxyl groups is 1. The van der Waals surface area contributed by atoms with Gasteiger partial charge in [0.2, 0.25) is 0 Å². The van der Waals surface area contributed by atoms with Crippen LogP contribution in [0.25, 0.3) is 0 Å². The Morgan fingerprint density at radius 3 is 2.64 bits per heavy atom. The first-order valence-corrected chi connectivity index (χ1v) is 4.86. The molecule has 1 atom stereocenters. The lowest BCUT2D eigenvalue weighted by Crippen LogP contribution is -2.69. The van der Waals surface area contributed by atoms with Crippen LogP contribution in [0.15, 0.2) is 0 Å². The second-order valence-corrected chi connectivity index (χ2v) is 4.12. The van der Waals surface area contributed by atoms with Crippen LogP contribution in [0.1, 0.15) is 13.3 Å². The van der Waals surface area contributed by atoms with E-state index in [1.807, 2.05) is 6.92 Å². The average molecular weight is 202 g/mol. The monoisotopic (exact) mass is 202 g/mol. The van der Waals surface area contributed by atoms with Gasteiger partial charge in [-0.25, -0.2) is 0 Å². The highest BCUT2D eigenvalue weighted by molar-refractivity contribution is 5.68. The molecule has 5 nitrogen and oxygen atoms in total. The first-order valence-electron chi connectivity index (χ1n) is 4.86. The van der Waals surface area contributed by atoms with Gasteiger partial charge in [-0.15, -0.1) is 0 Å². The Morgan fingerprint density at radius 2 is 2.29 bits per heavy atom. The van der Waals surface area contributed by atoms with Crippen LogP contribution in [0.5, 0.6) is 0 Å². The van der Waals surface area contributed by atoms with Gasteiger partial charge in [0, 0.05) is 26.2 Å². The van der Waals surface area contributed by atoms with E-state index < -0.39 is 5.97 Å². The van der Waals surface area contributed by atoms with Crippen LogP contribution in [0.3, 0.4) is 0 Å². The first kappa shape index (κ1) is 11.4. The quantitative estimate of drug-likeness (QED) is 0.445. The Labute approximate surface area is 83.5 Å². The molecule has 0 aromatic heterocycles. The Balaban J connectivity index is 2.34. The second kappa shape index (κ2) is 4.72. The molecule has 4 N–H and O–H groups in total. The summed E-state index contributed by atoms with van der Waals surface area (Å²) in [6, 6.07) is 0. The van der Waals surface area contributed by atoms with E-state index in [0.29, 0.717) is 19.6 Å². The van der Waals surface area contributed by atoms with Crippen LogP contribution in [0, 0.1) is 5.92 Å². The first-order chi connectivity index (χ1) is 6.58. The van der Waals surface area contributed by atoms with Gasteiger partial charge in [0.15, 0.2) is 0 Å². The minimum absolute atomic E-state index is 0.129. The van der Waals surface area contributed by atoms with Crippen LogP contribution in [0.2, 0.25) is 0 Å². The van der Waals surface area contributed by atoms with Crippen molar-refractivity contribution in [3.05, 3.63) is 0 Å². The zero-order valence-corrected chi connectivity index (χ0v) is 8.42. The molecule has 1 aliphatic rings. The highest BCUT2D eigenvalue weighted by atomic mass is 16.4. The van der Waals surface area contributed by atoms with Crippen LogP contribution in [-0.2, 0) is 4.79 Å². The van der Waals surface area contributed by atoms with Crippen molar-refractivity contribution in [2.24, 2.45) is 5.92 Å². The maximum atomic E-state index is 10.6. The highest BCUT2D eigenvalue weighted by Gasteiger charge is 2.38. The predicted molar refractivity (Wildman–Crippen MR) is 52.1 cm³/mol. The molecule has 0 aromatic rings. The second-order valence-electron chi connectivity index (χ2n) is 4.12. The Morgan fingerprint density at radius 1 is 1.64 bits per heavy atom. The minimum Gasteiger partial charge on any atom is -0.481 e. The molecule has 1 unspecified atom stereocenters. The molecule has 5 heteroatoms. The topological polar surface area (TPSA) is 81.6 Å². The number of carboxylic acids is 1. The molecule has 0 saturated carbocycles. The summed E-state index contributed by atoms with van der Waals surface area (Å²) in [5.41, 5.74) is -0.296. The molecule has 1 fully saturated rings. The van der Waals surface area contributed by atoms with Gasteiger partial charge >= 0.3 is 5.97 Å². The Hall–Kier alpha value is -0.650. The summed E-state index contributed by atoms with van der Waals surface area (Å²) in [7, 11) is 0. The fraction of sp³-hybridized carbons (Fsp3) is 0.889. The number of hydrogen-bond donors (Lipinski definition) is 4. The van der Waals surface area contributed by atoms with Crippen LogP contribution < -0.4 is 10.6 Å². The highest BCUT2D eigenvalue weighted by Crippen LogP contribution is 2.16. The van der Waals surface area contributed by atoms with Gasteiger partial charge < -0.3 is 20.8 Å². The van der Waals surface area contributed by atoms with Crippen molar-refractivity contribution in [2.75, 3.05) is 26.2 Å². The lowest BCUT2D eigenvalue weighted by molar-refractivity contribution is -0.139. The third-order valence-corrected chi connectivity index (χ3v) is 2.55.